The largest absolute Gasteiger partial charge is 0.469 e. The molecule has 0 atom stereocenters. The molecule has 0 bridgehead atoms. The topological polar surface area (TPSA) is 67.4 Å². The van der Waals surface area contributed by atoms with Gasteiger partial charge in [0, 0.05) is 45.4 Å². The molecule has 0 aliphatic rings. The zero-order valence-electron chi connectivity index (χ0n) is 13.3. The Morgan fingerprint density at radius 3 is 2.86 bits per heavy atom. The fourth-order valence-corrected chi connectivity index (χ4v) is 2.19. The Labute approximate surface area is 148 Å². The van der Waals surface area contributed by atoms with Crippen molar-refractivity contribution in [1.82, 2.24) is 20.4 Å². The Bertz CT molecular complexity index is 577. The molecule has 0 saturated carbocycles. The second-order valence-corrected chi connectivity index (χ2v) is 4.81. The van der Waals surface area contributed by atoms with Crippen LogP contribution in [0.25, 0.3) is 0 Å². The molecule has 2 aromatic rings. The van der Waals surface area contributed by atoms with Crippen molar-refractivity contribution in [3.63, 3.8) is 0 Å². The molecular weight excluding hydrogens is 393 g/mol. The summed E-state index contributed by atoms with van der Waals surface area (Å²) < 4.78 is 7.15. The van der Waals surface area contributed by atoms with E-state index in [1.807, 2.05) is 30.1 Å². The zero-order chi connectivity index (χ0) is 15.1. The van der Waals surface area contributed by atoms with Crippen LogP contribution in [0.4, 0.5) is 0 Å². The van der Waals surface area contributed by atoms with Crippen molar-refractivity contribution in [2.45, 2.75) is 26.3 Å². The molecule has 0 unspecified atom stereocenters. The molecule has 0 fully saturated rings. The highest BCUT2D eigenvalue weighted by Gasteiger charge is 2.06. The van der Waals surface area contributed by atoms with Gasteiger partial charge in [0.25, 0.3) is 0 Å². The molecule has 2 heterocycles. The highest BCUT2D eigenvalue weighted by molar-refractivity contribution is 14.0. The Kier molecular flexibility index (Phi) is 8.00. The van der Waals surface area contributed by atoms with E-state index >= 15 is 0 Å². The van der Waals surface area contributed by atoms with Crippen molar-refractivity contribution >= 4 is 29.9 Å². The van der Waals surface area contributed by atoms with Gasteiger partial charge in [0.05, 0.1) is 12.0 Å². The summed E-state index contributed by atoms with van der Waals surface area (Å²) in [5.41, 5.74) is 2.32. The summed E-state index contributed by atoms with van der Waals surface area (Å²) >= 11 is 0. The van der Waals surface area contributed by atoms with Gasteiger partial charge in [-0.1, -0.05) is 6.92 Å². The Hall–Kier alpha value is -1.51. The van der Waals surface area contributed by atoms with Crippen molar-refractivity contribution in [1.29, 1.82) is 0 Å². The molecule has 0 amide bonds. The predicted octanol–water partition coefficient (Wildman–Crippen LogP) is 2.10. The van der Waals surface area contributed by atoms with Crippen LogP contribution in [0.2, 0.25) is 0 Å². The van der Waals surface area contributed by atoms with E-state index in [0.29, 0.717) is 0 Å². The Balaban J connectivity index is 0.00000242. The quantitative estimate of drug-likeness (QED) is 0.429. The summed E-state index contributed by atoms with van der Waals surface area (Å²) in [6, 6.07) is 3.87. The van der Waals surface area contributed by atoms with Crippen LogP contribution in [-0.4, -0.2) is 29.3 Å². The summed E-state index contributed by atoms with van der Waals surface area (Å²) in [6.07, 6.45) is 5.50. The average molecular weight is 417 g/mol. The maximum atomic E-state index is 5.30. The maximum Gasteiger partial charge on any atom is 0.191 e. The number of furan rings is 1. The van der Waals surface area contributed by atoms with E-state index in [2.05, 4.69) is 27.6 Å². The first-order valence-corrected chi connectivity index (χ1v) is 7.21. The molecule has 2 aromatic heterocycles. The van der Waals surface area contributed by atoms with Gasteiger partial charge in [0.15, 0.2) is 5.96 Å². The monoisotopic (exact) mass is 417 g/mol. The van der Waals surface area contributed by atoms with E-state index in [-0.39, 0.29) is 24.0 Å². The summed E-state index contributed by atoms with van der Waals surface area (Å²) in [5, 5.41) is 11.0. The molecule has 0 aromatic carbocycles. The molecule has 2 rings (SSSR count). The standard InChI is InChI=1S/C15H23N5O.HI/c1-4-14-12(11-20(3)19-14)10-18-15(16-2)17-8-7-13-6-5-9-21-13;/h5-6,9,11H,4,7-8,10H2,1-3H3,(H2,16,17,18);1H. The van der Waals surface area contributed by atoms with Crippen LogP contribution >= 0.6 is 24.0 Å². The van der Waals surface area contributed by atoms with Crippen LogP contribution in [0.1, 0.15) is 23.9 Å². The molecule has 0 spiro atoms. The molecule has 2 N–H and O–H groups in total. The third kappa shape index (κ3) is 5.36. The van der Waals surface area contributed by atoms with Crippen molar-refractivity contribution in [3.05, 3.63) is 41.6 Å². The van der Waals surface area contributed by atoms with E-state index in [1.165, 1.54) is 5.56 Å². The lowest BCUT2D eigenvalue weighted by atomic mass is 10.2. The first kappa shape index (κ1) is 18.5. The zero-order valence-corrected chi connectivity index (χ0v) is 15.6. The summed E-state index contributed by atoms with van der Waals surface area (Å²) in [5.74, 6) is 1.76. The predicted molar refractivity (Wildman–Crippen MR) is 98.6 cm³/mol. The second-order valence-electron chi connectivity index (χ2n) is 4.81. The lowest BCUT2D eigenvalue weighted by molar-refractivity contribution is 0.507. The second kappa shape index (κ2) is 9.50. The van der Waals surface area contributed by atoms with Crippen molar-refractivity contribution in [2.75, 3.05) is 13.6 Å². The highest BCUT2D eigenvalue weighted by atomic mass is 127. The molecule has 122 valence electrons. The number of nitrogens with zero attached hydrogens (tertiary/aromatic N) is 3. The number of aliphatic imine (C=N–C) groups is 1. The van der Waals surface area contributed by atoms with E-state index < -0.39 is 0 Å². The molecule has 6 nitrogen and oxygen atoms in total. The van der Waals surface area contributed by atoms with Crippen LogP contribution in [0, 0.1) is 0 Å². The molecule has 7 heteroatoms. The molecule has 0 aliphatic carbocycles. The van der Waals surface area contributed by atoms with Crippen LogP contribution < -0.4 is 10.6 Å². The van der Waals surface area contributed by atoms with Gasteiger partial charge in [0.2, 0.25) is 0 Å². The van der Waals surface area contributed by atoms with Crippen molar-refractivity contribution in [2.24, 2.45) is 12.0 Å². The number of aryl methyl sites for hydroxylation is 2. The molecule has 0 aliphatic heterocycles. The minimum atomic E-state index is 0. The van der Waals surface area contributed by atoms with Gasteiger partial charge in [-0.15, -0.1) is 24.0 Å². The minimum absolute atomic E-state index is 0. The highest BCUT2D eigenvalue weighted by Crippen LogP contribution is 2.06. The number of hydrogen-bond acceptors (Lipinski definition) is 3. The van der Waals surface area contributed by atoms with Crippen LogP contribution in [0.15, 0.2) is 34.0 Å². The van der Waals surface area contributed by atoms with E-state index in [4.69, 9.17) is 4.42 Å². The summed E-state index contributed by atoms with van der Waals surface area (Å²) in [6.45, 7) is 3.61. The van der Waals surface area contributed by atoms with Crippen LogP contribution in [0.5, 0.6) is 0 Å². The van der Waals surface area contributed by atoms with Crippen LogP contribution in [0.3, 0.4) is 0 Å². The van der Waals surface area contributed by atoms with E-state index in [9.17, 15) is 0 Å². The number of halogens is 1. The minimum Gasteiger partial charge on any atom is -0.469 e. The van der Waals surface area contributed by atoms with Crippen molar-refractivity contribution < 1.29 is 4.42 Å². The van der Waals surface area contributed by atoms with Crippen molar-refractivity contribution in [3.8, 4) is 0 Å². The smallest absolute Gasteiger partial charge is 0.191 e. The van der Waals surface area contributed by atoms with Gasteiger partial charge >= 0.3 is 0 Å². The SMILES string of the molecule is CCc1nn(C)cc1CNC(=NC)NCCc1ccco1.I. The first-order valence-electron chi connectivity index (χ1n) is 7.21. The number of rotatable bonds is 6. The fraction of sp³-hybridized carbons (Fsp3) is 0.467. The van der Waals surface area contributed by atoms with E-state index in [1.54, 1.807) is 13.3 Å². The lowest BCUT2D eigenvalue weighted by Crippen LogP contribution is -2.37. The number of nitrogens with one attached hydrogen (secondary N) is 2. The average Bonchev–Trinajstić information content (AvgIpc) is 3.11. The van der Waals surface area contributed by atoms with Gasteiger partial charge in [-0.3, -0.25) is 9.67 Å². The maximum absolute atomic E-state index is 5.30. The van der Waals surface area contributed by atoms with E-state index in [0.717, 1.165) is 43.3 Å². The van der Waals surface area contributed by atoms with Crippen LogP contribution in [-0.2, 0) is 26.4 Å². The number of hydrogen-bond donors (Lipinski definition) is 2. The molecule has 0 saturated heterocycles. The summed E-state index contributed by atoms with van der Waals surface area (Å²) in [7, 11) is 3.71. The third-order valence-electron chi connectivity index (χ3n) is 3.24. The molecule has 0 radical (unpaired) electrons. The van der Waals surface area contributed by atoms with Gasteiger partial charge in [-0.25, -0.2) is 0 Å². The Morgan fingerprint density at radius 2 is 2.23 bits per heavy atom. The van der Waals surface area contributed by atoms with Gasteiger partial charge < -0.3 is 15.1 Å². The fourth-order valence-electron chi connectivity index (χ4n) is 2.19. The Morgan fingerprint density at radius 1 is 1.41 bits per heavy atom. The first-order chi connectivity index (χ1) is 10.2. The molecule has 22 heavy (non-hydrogen) atoms. The lowest BCUT2D eigenvalue weighted by Gasteiger charge is -2.11. The van der Waals surface area contributed by atoms with Gasteiger partial charge in [-0.05, 0) is 18.6 Å². The third-order valence-corrected chi connectivity index (χ3v) is 3.24. The van der Waals surface area contributed by atoms with Gasteiger partial charge in [0.1, 0.15) is 5.76 Å². The molecular formula is C15H24IN5O. The normalized spacial score (nSPS) is 11.1. The number of guanidine groups is 1. The van der Waals surface area contributed by atoms with Gasteiger partial charge in [-0.2, -0.15) is 5.10 Å². The summed E-state index contributed by atoms with van der Waals surface area (Å²) in [4.78, 5) is 4.22. The number of aromatic nitrogens is 2.